The SMILES string of the molecule is O=C1CC=C(c2ccc(CO)cc2)NN1. The summed E-state index contributed by atoms with van der Waals surface area (Å²) in [6.45, 7) is 0.0451. The highest BCUT2D eigenvalue weighted by Gasteiger charge is 2.09. The van der Waals surface area contributed by atoms with Gasteiger partial charge in [0.25, 0.3) is 0 Å². The van der Waals surface area contributed by atoms with E-state index < -0.39 is 0 Å². The maximum atomic E-state index is 10.9. The molecule has 1 aromatic rings. The average molecular weight is 204 g/mol. The first-order chi connectivity index (χ1) is 7.29. The first-order valence-corrected chi connectivity index (χ1v) is 4.75. The molecule has 0 atom stereocenters. The molecule has 1 aliphatic heterocycles. The summed E-state index contributed by atoms with van der Waals surface area (Å²) in [6, 6.07) is 7.52. The summed E-state index contributed by atoms with van der Waals surface area (Å²) in [5.74, 6) is -0.0364. The molecule has 0 saturated heterocycles. The third kappa shape index (κ3) is 2.16. The zero-order chi connectivity index (χ0) is 10.7. The van der Waals surface area contributed by atoms with Crippen LogP contribution in [0.4, 0.5) is 0 Å². The fourth-order valence-electron chi connectivity index (χ4n) is 1.41. The van der Waals surface area contributed by atoms with E-state index in [4.69, 9.17) is 5.11 Å². The van der Waals surface area contributed by atoms with Crippen LogP contribution >= 0.6 is 0 Å². The predicted molar refractivity (Wildman–Crippen MR) is 56.2 cm³/mol. The van der Waals surface area contributed by atoms with Gasteiger partial charge in [-0.05, 0) is 17.2 Å². The van der Waals surface area contributed by atoms with Gasteiger partial charge < -0.3 is 5.11 Å². The number of nitrogens with one attached hydrogen (secondary N) is 2. The van der Waals surface area contributed by atoms with Gasteiger partial charge in [-0.25, -0.2) is 0 Å². The summed E-state index contributed by atoms with van der Waals surface area (Å²) >= 11 is 0. The Hall–Kier alpha value is -1.81. The highest BCUT2D eigenvalue weighted by molar-refractivity contribution is 5.83. The van der Waals surface area contributed by atoms with Crippen LogP contribution in [-0.4, -0.2) is 11.0 Å². The van der Waals surface area contributed by atoms with E-state index in [2.05, 4.69) is 10.9 Å². The second-order valence-electron chi connectivity index (χ2n) is 3.35. The van der Waals surface area contributed by atoms with Gasteiger partial charge in [0.05, 0.1) is 12.3 Å². The Kier molecular flexibility index (Phi) is 2.69. The fraction of sp³-hybridized carbons (Fsp3) is 0.182. The number of amides is 1. The molecule has 0 radical (unpaired) electrons. The minimum Gasteiger partial charge on any atom is -0.392 e. The smallest absolute Gasteiger partial charge is 0.242 e. The quantitative estimate of drug-likeness (QED) is 0.659. The van der Waals surface area contributed by atoms with Crippen LogP contribution in [0, 0.1) is 0 Å². The van der Waals surface area contributed by atoms with Crippen LogP contribution in [0.15, 0.2) is 30.3 Å². The second-order valence-corrected chi connectivity index (χ2v) is 3.35. The van der Waals surface area contributed by atoms with E-state index in [9.17, 15) is 4.79 Å². The monoisotopic (exact) mass is 204 g/mol. The van der Waals surface area contributed by atoms with Gasteiger partial charge in [0.2, 0.25) is 5.91 Å². The van der Waals surface area contributed by atoms with E-state index in [0.717, 1.165) is 16.8 Å². The molecule has 4 heteroatoms. The molecule has 0 aromatic heterocycles. The minimum atomic E-state index is -0.0364. The first kappa shape index (κ1) is 9.73. The number of aliphatic hydroxyl groups excluding tert-OH is 1. The molecule has 1 heterocycles. The molecule has 0 spiro atoms. The predicted octanol–water partition coefficient (Wildman–Crippen LogP) is 0.544. The van der Waals surface area contributed by atoms with Crippen LogP contribution in [-0.2, 0) is 11.4 Å². The van der Waals surface area contributed by atoms with Gasteiger partial charge in [-0.1, -0.05) is 24.3 Å². The molecule has 2 rings (SSSR count). The van der Waals surface area contributed by atoms with Crippen molar-refractivity contribution in [3.05, 3.63) is 41.5 Å². The normalized spacial score (nSPS) is 15.3. The van der Waals surface area contributed by atoms with Crippen molar-refractivity contribution >= 4 is 11.6 Å². The number of aliphatic hydroxyl groups is 1. The minimum absolute atomic E-state index is 0.0364. The molecule has 1 amide bonds. The molecular weight excluding hydrogens is 192 g/mol. The number of rotatable bonds is 2. The largest absolute Gasteiger partial charge is 0.392 e. The van der Waals surface area contributed by atoms with E-state index in [0.29, 0.717) is 6.42 Å². The summed E-state index contributed by atoms with van der Waals surface area (Å²) in [7, 11) is 0. The van der Waals surface area contributed by atoms with Crippen LogP contribution in [0.2, 0.25) is 0 Å². The highest BCUT2D eigenvalue weighted by atomic mass is 16.3. The summed E-state index contributed by atoms with van der Waals surface area (Å²) < 4.78 is 0. The Balaban J connectivity index is 2.19. The molecular formula is C11H12N2O2. The van der Waals surface area contributed by atoms with Crippen LogP contribution in [0.25, 0.3) is 5.70 Å². The number of hydrogen-bond donors (Lipinski definition) is 3. The number of benzene rings is 1. The molecule has 15 heavy (non-hydrogen) atoms. The number of carbonyl (C=O) groups excluding carboxylic acids is 1. The van der Waals surface area contributed by atoms with Crippen LogP contribution in [0.5, 0.6) is 0 Å². The lowest BCUT2D eigenvalue weighted by Crippen LogP contribution is -2.38. The Morgan fingerprint density at radius 2 is 1.93 bits per heavy atom. The standard InChI is InChI=1S/C11H12N2O2/c14-7-8-1-3-9(4-2-8)10-5-6-11(15)13-12-10/h1-5,12,14H,6-7H2,(H,13,15). The lowest BCUT2D eigenvalue weighted by Gasteiger charge is -2.16. The van der Waals surface area contributed by atoms with Crippen molar-refractivity contribution in [1.29, 1.82) is 0 Å². The highest BCUT2D eigenvalue weighted by Crippen LogP contribution is 2.14. The van der Waals surface area contributed by atoms with Gasteiger partial charge in [0.1, 0.15) is 0 Å². The van der Waals surface area contributed by atoms with Gasteiger partial charge in [-0.15, -0.1) is 0 Å². The Morgan fingerprint density at radius 3 is 2.47 bits per heavy atom. The van der Waals surface area contributed by atoms with E-state index in [1.54, 1.807) is 0 Å². The molecule has 0 bridgehead atoms. The Labute approximate surface area is 87.6 Å². The number of carbonyl (C=O) groups is 1. The lowest BCUT2D eigenvalue weighted by atomic mass is 10.1. The topological polar surface area (TPSA) is 61.4 Å². The van der Waals surface area contributed by atoms with Crippen molar-refractivity contribution in [2.45, 2.75) is 13.0 Å². The second kappa shape index (κ2) is 4.14. The third-order valence-corrected chi connectivity index (χ3v) is 2.28. The van der Waals surface area contributed by atoms with Crippen LogP contribution < -0.4 is 10.9 Å². The molecule has 1 aliphatic rings. The lowest BCUT2D eigenvalue weighted by molar-refractivity contribution is -0.121. The number of hydrogen-bond acceptors (Lipinski definition) is 3. The van der Waals surface area contributed by atoms with Crippen LogP contribution in [0.3, 0.4) is 0 Å². The van der Waals surface area contributed by atoms with Gasteiger partial charge in [-0.2, -0.15) is 0 Å². The molecule has 78 valence electrons. The van der Waals surface area contributed by atoms with Gasteiger partial charge in [0.15, 0.2) is 0 Å². The summed E-state index contributed by atoms with van der Waals surface area (Å²) in [6.07, 6.45) is 2.23. The van der Waals surface area contributed by atoms with Gasteiger partial charge >= 0.3 is 0 Å². The molecule has 4 nitrogen and oxygen atoms in total. The molecule has 0 aliphatic carbocycles. The molecule has 0 saturated carbocycles. The average Bonchev–Trinajstić information content (AvgIpc) is 2.30. The zero-order valence-electron chi connectivity index (χ0n) is 8.16. The van der Waals surface area contributed by atoms with E-state index in [1.807, 2.05) is 30.3 Å². The molecule has 1 aromatic carbocycles. The van der Waals surface area contributed by atoms with Crippen molar-refractivity contribution in [3.63, 3.8) is 0 Å². The Bertz CT molecular complexity index is 396. The summed E-state index contributed by atoms with van der Waals surface area (Å²) in [4.78, 5) is 10.9. The van der Waals surface area contributed by atoms with Crippen molar-refractivity contribution in [2.24, 2.45) is 0 Å². The molecule has 0 fully saturated rings. The van der Waals surface area contributed by atoms with Crippen molar-refractivity contribution in [3.8, 4) is 0 Å². The fourth-order valence-corrected chi connectivity index (χ4v) is 1.41. The van der Waals surface area contributed by atoms with Crippen molar-refractivity contribution in [1.82, 2.24) is 10.9 Å². The first-order valence-electron chi connectivity index (χ1n) is 4.75. The van der Waals surface area contributed by atoms with E-state index in [1.165, 1.54) is 0 Å². The number of hydrazine groups is 1. The van der Waals surface area contributed by atoms with Crippen LogP contribution in [0.1, 0.15) is 17.5 Å². The van der Waals surface area contributed by atoms with Crippen molar-refractivity contribution < 1.29 is 9.90 Å². The van der Waals surface area contributed by atoms with E-state index in [-0.39, 0.29) is 12.5 Å². The molecule has 3 N–H and O–H groups in total. The van der Waals surface area contributed by atoms with Gasteiger partial charge in [-0.3, -0.25) is 15.6 Å². The van der Waals surface area contributed by atoms with E-state index >= 15 is 0 Å². The van der Waals surface area contributed by atoms with Crippen molar-refractivity contribution in [2.75, 3.05) is 0 Å². The molecule has 0 unspecified atom stereocenters. The summed E-state index contributed by atoms with van der Waals surface area (Å²) in [5.41, 5.74) is 8.13. The van der Waals surface area contributed by atoms with Gasteiger partial charge in [0, 0.05) is 6.42 Å². The maximum absolute atomic E-state index is 10.9. The maximum Gasteiger partial charge on any atom is 0.242 e. The zero-order valence-corrected chi connectivity index (χ0v) is 8.16. The Morgan fingerprint density at radius 1 is 1.20 bits per heavy atom. The summed E-state index contributed by atoms with van der Waals surface area (Å²) in [5, 5.41) is 8.89. The third-order valence-electron chi connectivity index (χ3n) is 2.28.